The van der Waals surface area contributed by atoms with Crippen LogP contribution in [-0.2, 0) is 9.53 Å². The average molecular weight is 575 g/mol. The van der Waals surface area contributed by atoms with Crippen LogP contribution in [0.2, 0.25) is 0 Å². The van der Waals surface area contributed by atoms with Gasteiger partial charge in [-0.05, 0) is 54.5 Å². The molecule has 0 unspecified atom stereocenters. The van der Waals surface area contributed by atoms with Crippen LogP contribution in [0.3, 0.4) is 0 Å². The SMILES string of the molecule is CCOC(=O)C1=C(C)N=c2s/c(=C\c3cc(OC)c(OC)c(OC)c3)c(=O)n2[C@@H]1c1c(OC)ccc2ccccc12. The second-order valence-corrected chi connectivity index (χ2v) is 10.2. The molecule has 0 bridgehead atoms. The van der Waals surface area contributed by atoms with Gasteiger partial charge in [-0.3, -0.25) is 9.36 Å². The molecule has 0 saturated carbocycles. The Morgan fingerprint density at radius 3 is 2.29 bits per heavy atom. The topological polar surface area (TPSA) is 97.6 Å². The van der Waals surface area contributed by atoms with Gasteiger partial charge in [0.15, 0.2) is 16.3 Å². The third kappa shape index (κ3) is 4.84. The predicted octanol–water partition coefficient (Wildman–Crippen LogP) is 3.99. The van der Waals surface area contributed by atoms with Crippen LogP contribution in [0.25, 0.3) is 16.8 Å². The van der Waals surface area contributed by atoms with E-state index in [0.29, 0.717) is 49.2 Å². The van der Waals surface area contributed by atoms with Gasteiger partial charge in [0.1, 0.15) is 11.8 Å². The fraction of sp³-hybridized carbons (Fsp3) is 0.258. The molecule has 0 N–H and O–H groups in total. The van der Waals surface area contributed by atoms with E-state index in [9.17, 15) is 9.59 Å². The van der Waals surface area contributed by atoms with E-state index in [1.807, 2.05) is 36.4 Å². The van der Waals surface area contributed by atoms with Crippen molar-refractivity contribution >= 4 is 34.2 Å². The summed E-state index contributed by atoms with van der Waals surface area (Å²) >= 11 is 1.23. The molecule has 10 heteroatoms. The Bertz CT molecular complexity index is 1840. The summed E-state index contributed by atoms with van der Waals surface area (Å²) < 4.78 is 29.6. The van der Waals surface area contributed by atoms with Gasteiger partial charge >= 0.3 is 5.97 Å². The van der Waals surface area contributed by atoms with Gasteiger partial charge in [-0.25, -0.2) is 9.79 Å². The predicted molar refractivity (Wildman–Crippen MR) is 157 cm³/mol. The van der Waals surface area contributed by atoms with Crippen LogP contribution in [0.1, 0.15) is 31.0 Å². The van der Waals surface area contributed by atoms with Gasteiger partial charge in [0.25, 0.3) is 5.56 Å². The van der Waals surface area contributed by atoms with Crippen LogP contribution in [-0.4, -0.2) is 45.6 Å². The number of rotatable bonds is 8. The van der Waals surface area contributed by atoms with Crippen LogP contribution in [0.5, 0.6) is 23.0 Å². The van der Waals surface area contributed by atoms with Gasteiger partial charge in [0.2, 0.25) is 5.75 Å². The molecule has 9 nitrogen and oxygen atoms in total. The van der Waals surface area contributed by atoms with Crippen molar-refractivity contribution in [1.82, 2.24) is 4.57 Å². The van der Waals surface area contributed by atoms with Gasteiger partial charge in [-0.1, -0.05) is 41.7 Å². The van der Waals surface area contributed by atoms with Crippen LogP contribution in [0.4, 0.5) is 0 Å². The molecule has 4 aromatic rings. The molecular weight excluding hydrogens is 544 g/mol. The summed E-state index contributed by atoms with van der Waals surface area (Å²) in [4.78, 5) is 32.7. The number of aromatic nitrogens is 1. The Hall–Kier alpha value is -4.57. The normalized spacial score (nSPS) is 14.9. The number of ether oxygens (including phenoxy) is 5. The molecule has 1 aliphatic heterocycles. The Labute approximate surface area is 240 Å². The zero-order chi connectivity index (χ0) is 29.3. The van der Waals surface area contributed by atoms with E-state index in [4.69, 9.17) is 23.7 Å². The van der Waals surface area contributed by atoms with Crippen molar-refractivity contribution in [2.24, 2.45) is 4.99 Å². The summed E-state index contributed by atoms with van der Waals surface area (Å²) in [5.74, 6) is 1.39. The molecule has 0 saturated heterocycles. The third-order valence-corrected chi connectivity index (χ3v) is 7.91. The second-order valence-electron chi connectivity index (χ2n) is 9.16. The zero-order valence-corrected chi connectivity index (χ0v) is 24.5. The molecule has 2 heterocycles. The number of hydrogen-bond acceptors (Lipinski definition) is 9. The first kappa shape index (κ1) is 28.0. The first-order valence-corrected chi connectivity index (χ1v) is 13.7. The number of carbonyl (C=O) groups excluding carboxylic acids is 1. The summed E-state index contributed by atoms with van der Waals surface area (Å²) in [5, 5.41) is 1.80. The average Bonchev–Trinajstić information content (AvgIpc) is 3.28. The van der Waals surface area contributed by atoms with Crippen LogP contribution in [0, 0.1) is 0 Å². The number of methoxy groups -OCH3 is 4. The highest BCUT2D eigenvalue weighted by Gasteiger charge is 2.36. The third-order valence-electron chi connectivity index (χ3n) is 6.93. The van der Waals surface area contributed by atoms with E-state index >= 15 is 0 Å². The molecule has 3 aromatic carbocycles. The van der Waals surface area contributed by atoms with Crippen LogP contribution >= 0.6 is 11.3 Å². The fourth-order valence-corrected chi connectivity index (χ4v) is 6.18. The lowest BCUT2D eigenvalue weighted by Crippen LogP contribution is -2.40. The maximum Gasteiger partial charge on any atom is 0.338 e. The van der Waals surface area contributed by atoms with Crippen LogP contribution < -0.4 is 33.8 Å². The fourth-order valence-electron chi connectivity index (χ4n) is 5.14. The van der Waals surface area contributed by atoms with E-state index in [-0.39, 0.29) is 17.7 Å². The van der Waals surface area contributed by atoms with Crippen molar-refractivity contribution in [3.63, 3.8) is 0 Å². The molecule has 41 heavy (non-hydrogen) atoms. The highest BCUT2D eigenvalue weighted by Crippen LogP contribution is 2.41. The molecule has 0 aliphatic carbocycles. The minimum Gasteiger partial charge on any atom is -0.496 e. The molecule has 212 valence electrons. The standard InChI is InChI=1S/C31H30N2O7S/c1-7-40-30(35)25-17(2)32-31-33(27(25)26-20-11-9-8-10-19(20)12-13-21(26)36-3)29(34)24(41-31)16-18-14-22(37-4)28(39-6)23(15-18)38-5/h8-16,27H,7H2,1-6H3/b24-16-/t27-/m0/s1. The Morgan fingerprint density at radius 2 is 1.66 bits per heavy atom. The van der Waals surface area contributed by atoms with Crippen molar-refractivity contribution < 1.29 is 28.5 Å². The first-order chi connectivity index (χ1) is 19.9. The number of hydrogen-bond donors (Lipinski definition) is 0. The lowest BCUT2D eigenvalue weighted by atomic mass is 9.90. The number of benzene rings is 3. The Kier molecular flexibility index (Phi) is 7.85. The molecular formula is C31H30N2O7S. The van der Waals surface area contributed by atoms with E-state index in [1.54, 1.807) is 43.7 Å². The second kappa shape index (κ2) is 11.5. The number of carbonyl (C=O) groups is 1. The largest absolute Gasteiger partial charge is 0.496 e. The van der Waals surface area contributed by atoms with Gasteiger partial charge in [-0.15, -0.1) is 0 Å². The molecule has 0 fully saturated rings. The smallest absolute Gasteiger partial charge is 0.338 e. The van der Waals surface area contributed by atoms with Crippen molar-refractivity contribution in [1.29, 1.82) is 0 Å². The molecule has 5 rings (SSSR count). The number of allylic oxidation sites excluding steroid dienone is 1. The summed E-state index contributed by atoms with van der Waals surface area (Å²) in [5.41, 5.74) is 1.81. The van der Waals surface area contributed by atoms with E-state index < -0.39 is 12.0 Å². The molecule has 1 aliphatic rings. The van der Waals surface area contributed by atoms with E-state index in [0.717, 1.165) is 10.8 Å². The Balaban J connectivity index is 1.82. The van der Waals surface area contributed by atoms with Gasteiger partial charge in [0.05, 0.1) is 50.8 Å². The summed E-state index contributed by atoms with van der Waals surface area (Å²) in [6.45, 7) is 3.68. The van der Waals surface area contributed by atoms with E-state index in [1.165, 1.54) is 32.7 Å². The van der Waals surface area contributed by atoms with Crippen molar-refractivity contribution in [2.45, 2.75) is 19.9 Å². The zero-order valence-electron chi connectivity index (χ0n) is 23.6. The van der Waals surface area contributed by atoms with Crippen molar-refractivity contribution in [2.75, 3.05) is 35.0 Å². The first-order valence-electron chi connectivity index (χ1n) is 12.9. The number of thiazole rings is 1. The van der Waals surface area contributed by atoms with Crippen LogP contribution in [0.15, 0.2) is 69.6 Å². The highest BCUT2D eigenvalue weighted by atomic mass is 32.1. The van der Waals surface area contributed by atoms with Gasteiger partial charge in [-0.2, -0.15) is 0 Å². The molecule has 0 spiro atoms. The molecule has 0 radical (unpaired) electrons. The molecule has 1 atom stereocenters. The minimum absolute atomic E-state index is 0.181. The monoisotopic (exact) mass is 574 g/mol. The van der Waals surface area contributed by atoms with Crippen molar-refractivity contribution in [3.8, 4) is 23.0 Å². The summed E-state index contributed by atoms with van der Waals surface area (Å²) in [6, 6.07) is 14.3. The molecule has 1 aromatic heterocycles. The maximum atomic E-state index is 14.2. The number of nitrogens with zero attached hydrogens (tertiary/aromatic N) is 2. The summed E-state index contributed by atoms with van der Waals surface area (Å²) in [6.07, 6.45) is 1.75. The summed E-state index contributed by atoms with van der Waals surface area (Å²) in [7, 11) is 6.17. The Morgan fingerprint density at radius 1 is 0.976 bits per heavy atom. The quantitative estimate of drug-likeness (QED) is 0.294. The minimum atomic E-state index is -0.826. The van der Waals surface area contributed by atoms with E-state index in [2.05, 4.69) is 4.99 Å². The number of esters is 1. The number of fused-ring (bicyclic) bond motifs is 2. The van der Waals surface area contributed by atoms with Gasteiger partial charge in [0, 0.05) is 5.56 Å². The highest BCUT2D eigenvalue weighted by molar-refractivity contribution is 7.07. The maximum absolute atomic E-state index is 14.2. The molecule has 0 amide bonds. The lowest BCUT2D eigenvalue weighted by molar-refractivity contribution is -0.139. The van der Waals surface area contributed by atoms with Crippen molar-refractivity contribution in [3.05, 3.63) is 90.6 Å². The van der Waals surface area contributed by atoms with Gasteiger partial charge < -0.3 is 23.7 Å². The lowest BCUT2D eigenvalue weighted by Gasteiger charge is -2.27.